The Bertz CT molecular complexity index is 1040. The second kappa shape index (κ2) is 7.08. The Kier molecular flexibility index (Phi) is 3.92. The lowest BCUT2D eigenvalue weighted by Crippen LogP contribution is -2.63. The minimum atomic E-state index is -3.19. The van der Waals surface area contributed by atoms with Crippen LogP contribution < -0.4 is 0 Å². The number of ketones is 2. The van der Waals surface area contributed by atoms with Crippen molar-refractivity contribution in [1.29, 1.82) is 0 Å². The second-order valence-corrected chi connectivity index (χ2v) is 10.4. The molecule has 9 atom stereocenters. The van der Waals surface area contributed by atoms with Gasteiger partial charge < -0.3 is 19.7 Å². The molecule has 5 aliphatic rings. The Morgan fingerprint density at radius 3 is 2.94 bits per heavy atom. The van der Waals surface area contributed by atoms with E-state index in [2.05, 4.69) is 0 Å². The summed E-state index contributed by atoms with van der Waals surface area (Å²) in [7, 11) is 0. The van der Waals surface area contributed by atoms with Gasteiger partial charge in [-0.05, 0) is 56.1 Å². The van der Waals surface area contributed by atoms with Gasteiger partial charge in [-0.25, -0.2) is 0 Å². The highest BCUT2D eigenvalue weighted by Crippen LogP contribution is 2.69. The third-order valence-corrected chi connectivity index (χ3v) is 9.01. The molecule has 5 rings (SSSR count). The van der Waals surface area contributed by atoms with Crippen molar-refractivity contribution in [1.82, 2.24) is 0 Å². The van der Waals surface area contributed by atoms with Crippen LogP contribution in [-0.2, 0) is 19.1 Å². The lowest BCUT2D eigenvalue weighted by Gasteiger charge is -2.59. The van der Waals surface area contributed by atoms with Gasteiger partial charge in [0.2, 0.25) is 0 Å². The number of hydrogen-bond acceptors (Lipinski definition) is 6. The van der Waals surface area contributed by atoms with Crippen LogP contribution in [0.2, 0.25) is 0 Å². The number of carbonyl (C=O) groups excluding carboxylic acids is 2. The van der Waals surface area contributed by atoms with Gasteiger partial charge in [0, 0.05) is 16.7 Å². The molecular weight excluding hydrogens is 396 g/mol. The molecule has 6 heteroatoms. The second-order valence-electron chi connectivity index (χ2n) is 10.4. The van der Waals surface area contributed by atoms with Crippen molar-refractivity contribution in [3.05, 3.63) is 23.8 Å². The van der Waals surface area contributed by atoms with E-state index in [9.17, 15) is 19.8 Å². The zero-order valence-electron chi connectivity index (χ0n) is 22.3. The van der Waals surface area contributed by atoms with Crippen molar-refractivity contribution in [3.63, 3.8) is 0 Å². The van der Waals surface area contributed by atoms with Crippen LogP contribution in [0.1, 0.15) is 64.8 Å². The Labute approximate surface area is 189 Å². The summed E-state index contributed by atoms with van der Waals surface area (Å²) in [5, 5.41) is 21.8. The lowest BCUT2D eigenvalue weighted by atomic mass is 9.46. The Morgan fingerprint density at radius 2 is 2.23 bits per heavy atom. The van der Waals surface area contributed by atoms with Gasteiger partial charge in [-0.15, -0.1) is 0 Å². The first-order chi connectivity index (χ1) is 16.1. The van der Waals surface area contributed by atoms with Gasteiger partial charge in [0.25, 0.3) is 0 Å². The van der Waals surface area contributed by atoms with E-state index in [1.165, 1.54) is 6.08 Å². The predicted octanol–water partition coefficient (Wildman–Crippen LogP) is 2.72. The fraction of sp³-hybridized carbons (Fsp3) is 0.760. The Balaban J connectivity index is 1.61. The van der Waals surface area contributed by atoms with Gasteiger partial charge in [-0.3, -0.25) is 9.59 Å². The zero-order chi connectivity index (χ0) is 25.8. The Morgan fingerprint density at radius 1 is 1.45 bits per heavy atom. The molecule has 1 heterocycles. The average Bonchev–Trinajstić information content (AvgIpc) is 3.15. The van der Waals surface area contributed by atoms with Crippen LogP contribution in [0.3, 0.4) is 0 Å². The summed E-state index contributed by atoms with van der Waals surface area (Å²) in [4.78, 5) is 25.8. The standard InChI is InChI=1S/C25H34O6/c1-4-5-21-30-20-11-17-16-7-6-14-10-15(27)8-9-23(14,2)22(16)18(28)12-24(17,3)25(20,31-21)19(29)13-26/h8-10,16-18,20-22,26,28H,4-7,11-13H2,1-3H3/t16-,17-,18-,20+,21?,22+,23-,24-,25+/m0/s1/i8D,13D2,21D. The molecule has 3 saturated carbocycles. The predicted molar refractivity (Wildman–Crippen MR) is 113 cm³/mol. The maximum absolute atomic E-state index is 13.6. The number of carbonyl (C=O) groups is 2. The number of allylic oxidation sites excluding steroid dienone is 4. The number of fused-ring (bicyclic) bond motifs is 7. The van der Waals surface area contributed by atoms with Crippen molar-refractivity contribution in [2.45, 2.75) is 83.4 Å². The number of hydrogen-bond donors (Lipinski definition) is 2. The topological polar surface area (TPSA) is 93.1 Å². The van der Waals surface area contributed by atoms with Crippen molar-refractivity contribution in [2.75, 3.05) is 6.56 Å². The molecule has 2 N–H and O–H groups in total. The third kappa shape index (κ3) is 2.65. The Hall–Kier alpha value is -1.34. The van der Waals surface area contributed by atoms with Crippen molar-refractivity contribution >= 4 is 11.6 Å². The van der Waals surface area contributed by atoms with Crippen molar-refractivity contribution in [3.8, 4) is 0 Å². The van der Waals surface area contributed by atoms with E-state index in [1.54, 1.807) is 13.0 Å². The smallest absolute Gasteiger partial charge is 0.193 e. The quantitative estimate of drug-likeness (QED) is 0.707. The molecule has 31 heavy (non-hydrogen) atoms. The molecule has 0 radical (unpaired) electrons. The van der Waals surface area contributed by atoms with Crippen LogP contribution in [0, 0.1) is 28.6 Å². The molecule has 1 unspecified atom stereocenters. The van der Waals surface area contributed by atoms with Crippen LogP contribution in [0.15, 0.2) is 23.8 Å². The molecule has 0 bridgehead atoms. The fourth-order valence-electron chi connectivity index (χ4n) is 7.74. The molecule has 4 aliphatic carbocycles. The molecule has 0 spiro atoms. The molecule has 1 aliphatic heterocycles. The van der Waals surface area contributed by atoms with Crippen molar-refractivity contribution in [2.24, 2.45) is 28.6 Å². The normalized spacial score (nSPS) is 55.4. The zero-order valence-corrected chi connectivity index (χ0v) is 18.3. The van der Waals surface area contributed by atoms with Gasteiger partial charge >= 0.3 is 0 Å². The van der Waals surface area contributed by atoms with Gasteiger partial charge in [0.15, 0.2) is 23.4 Å². The van der Waals surface area contributed by atoms with E-state index in [1.807, 2.05) is 13.8 Å². The summed E-state index contributed by atoms with van der Waals surface area (Å²) >= 11 is 0. The number of aliphatic hydroxyl groups is 2. The molecule has 4 fully saturated rings. The summed E-state index contributed by atoms with van der Waals surface area (Å²) in [6.07, 6.45) is 1.89. The van der Waals surface area contributed by atoms with E-state index in [0.29, 0.717) is 25.7 Å². The number of rotatable bonds is 4. The molecule has 6 nitrogen and oxygen atoms in total. The summed E-state index contributed by atoms with van der Waals surface area (Å²) < 4.78 is 44.7. The largest absolute Gasteiger partial charge is 0.393 e. The van der Waals surface area contributed by atoms with Crippen LogP contribution in [0.25, 0.3) is 0 Å². The molecule has 170 valence electrons. The van der Waals surface area contributed by atoms with E-state index >= 15 is 0 Å². The van der Waals surface area contributed by atoms with Crippen LogP contribution >= 0.6 is 0 Å². The highest BCUT2D eigenvalue weighted by molar-refractivity contribution is 6.01. The lowest BCUT2D eigenvalue weighted by molar-refractivity contribution is -0.200. The monoisotopic (exact) mass is 434 g/mol. The van der Waals surface area contributed by atoms with Crippen LogP contribution in [-0.4, -0.2) is 52.4 Å². The highest BCUT2D eigenvalue weighted by Gasteiger charge is 2.75. The third-order valence-electron chi connectivity index (χ3n) is 9.01. The first-order valence-corrected chi connectivity index (χ1v) is 11.4. The first kappa shape index (κ1) is 17.2. The SMILES string of the molecule is [2H]C1=C[C@@]2(C)C(=CC1=O)CC[C@@H]1[C@@H]2[C@@H](O)C[C@@]2(C)[C@H]1C[C@H]1OC([2H])(CCC)O[C@]12C(=O)C([2H])([2H])O. The molecule has 0 aromatic rings. The van der Waals surface area contributed by atoms with Gasteiger partial charge in [0.1, 0.15) is 6.56 Å². The first-order valence-electron chi connectivity index (χ1n) is 13.4. The van der Waals surface area contributed by atoms with Crippen LogP contribution in [0.5, 0.6) is 0 Å². The molecular formula is C25H34O6. The maximum Gasteiger partial charge on any atom is 0.193 e. The molecule has 1 saturated heterocycles. The summed E-state index contributed by atoms with van der Waals surface area (Å²) in [5.41, 5.74) is -2.77. The summed E-state index contributed by atoms with van der Waals surface area (Å²) in [5.74, 6) is -2.11. The van der Waals surface area contributed by atoms with Gasteiger partial charge in [-0.1, -0.05) is 38.8 Å². The number of Topliss-reactive ketones (excluding diaryl/α,β-unsaturated/α-hetero) is 1. The summed E-state index contributed by atoms with van der Waals surface area (Å²) in [6.45, 7) is 2.41. The van der Waals surface area contributed by atoms with Gasteiger partial charge in [-0.2, -0.15) is 0 Å². The minimum Gasteiger partial charge on any atom is -0.393 e. The molecule has 0 aromatic carbocycles. The average molecular weight is 435 g/mol. The maximum atomic E-state index is 13.6. The van der Waals surface area contributed by atoms with E-state index in [4.69, 9.17) is 15.0 Å². The summed E-state index contributed by atoms with van der Waals surface area (Å²) in [6, 6.07) is -0.0916. The minimum absolute atomic E-state index is 0.0840. The van der Waals surface area contributed by atoms with E-state index < -0.39 is 47.2 Å². The molecule has 0 aromatic heterocycles. The van der Waals surface area contributed by atoms with Gasteiger partial charge in [0.05, 0.1) is 17.7 Å². The van der Waals surface area contributed by atoms with E-state index in [0.717, 1.165) is 5.57 Å². The number of aliphatic hydroxyl groups excluding tert-OH is 1. The highest BCUT2D eigenvalue weighted by atomic mass is 16.7. The molecule has 0 amide bonds. The van der Waals surface area contributed by atoms with Crippen LogP contribution in [0.4, 0.5) is 0 Å². The van der Waals surface area contributed by atoms with E-state index in [-0.39, 0.29) is 42.4 Å². The fourth-order valence-corrected chi connectivity index (χ4v) is 7.74. The number of ether oxygens (including phenoxy) is 2. The van der Waals surface area contributed by atoms with Crippen molar-refractivity contribution < 1.29 is 34.8 Å².